The number of piperazine rings is 1. The molecule has 176 valence electrons. The molecule has 34 heavy (non-hydrogen) atoms. The van der Waals surface area contributed by atoms with Crippen LogP contribution in [0.15, 0.2) is 48.5 Å². The Morgan fingerprint density at radius 3 is 2.15 bits per heavy atom. The number of anilines is 2. The van der Waals surface area contributed by atoms with Gasteiger partial charge in [-0.3, -0.25) is 9.59 Å². The second-order valence-electron chi connectivity index (χ2n) is 8.66. The Balaban J connectivity index is 1.46. The quantitative estimate of drug-likeness (QED) is 0.625. The Labute approximate surface area is 198 Å². The molecule has 2 amide bonds. The summed E-state index contributed by atoms with van der Waals surface area (Å²) in [6, 6.07) is 15.3. The molecule has 2 N–H and O–H groups in total. The Hall–Kier alpha value is -3.85. The van der Waals surface area contributed by atoms with Gasteiger partial charge < -0.3 is 25.2 Å². The van der Waals surface area contributed by atoms with Gasteiger partial charge in [-0.15, -0.1) is 0 Å². The average Bonchev–Trinajstić information content (AvgIpc) is 3.26. The molecule has 9 heteroatoms. The average molecular weight is 461 g/mol. The van der Waals surface area contributed by atoms with E-state index < -0.39 is 5.91 Å². The zero-order valence-corrected chi connectivity index (χ0v) is 19.4. The van der Waals surface area contributed by atoms with Gasteiger partial charge in [-0.25, -0.2) is 4.68 Å². The fourth-order valence-electron chi connectivity index (χ4n) is 4.62. The molecule has 1 aromatic heterocycles. The first-order chi connectivity index (χ1) is 16.5. The Morgan fingerprint density at radius 2 is 1.53 bits per heavy atom. The minimum absolute atomic E-state index is 0.143. The van der Waals surface area contributed by atoms with Crippen LogP contribution < -0.4 is 20.3 Å². The number of aromatic nitrogens is 2. The number of methoxy groups -OCH3 is 1. The van der Waals surface area contributed by atoms with Gasteiger partial charge in [-0.05, 0) is 62.0 Å². The second kappa shape index (κ2) is 8.83. The predicted molar refractivity (Wildman–Crippen MR) is 130 cm³/mol. The number of benzene rings is 2. The highest BCUT2D eigenvalue weighted by molar-refractivity contribution is 6.09. The van der Waals surface area contributed by atoms with Crippen LogP contribution >= 0.6 is 0 Å². The van der Waals surface area contributed by atoms with E-state index in [4.69, 9.17) is 10.5 Å². The topological polar surface area (TPSA) is 96.9 Å². The van der Waals surface area contributed by atoms with Crippen LogP contribution in [-0.4, -0.2) is 73.4 Å². The lowest BCUT2D eigenvalue weighted by Gasteiger charge is -2.34. The molecule has 2 aliphatic heterocycles. The predicted octanol–water partition coefficient (Wildman–Crippen LogP) is 1.93. The maximum absolute atomic E-state index is 13.7. The fraction of sp³-hybridized carbons (Fsp3) is 0.320. The molecule has 0 bridgehead atoms. The number of rotatable bonds is 5. The van der Waals surface area contributed by atoms with E-state index in [0.717, 1.165) is 37.6 Å². The number of likely N-dealkylation sites (N-methyl/N-ethyl adjacent to an activating group) is 1. The summed E-state index contributed by atoms with van der Waals surface area (Å²) in [5.74, 6) is -0.154. The summed E-state index contributed by atoms with van der Waals surface area (Å²) < 4.78 is 6.75. The van der Waals surface area contributed by atoms with Crippen molar-refractivity contribution in [3.05, 3.63) is 65.5 Å². The van der Waals surface area contributed by atoms with Crippen LogP contribution in [0, 0.1) is 0 Å². The number of nitrogens with zero attached hydrogens (tertiary/aromatic N) is 5. The molecule has 0 unspecified atom stereocenters. The van der Waals surface area contributed by atoms with E-state index in [1.54, 1.807) is 36.3 Å². The van der Waals surface area contributed by atoms with Crippen LogP contribution in [-0.2, 0) is 6.42 Å². The number of primary amides is 1. The van der Waals surface area contributed by atoms with Crippen LogP contribution in [0.5, 0.6) is 5.75 Å². The first kappa shape index (κ1) is 22.0. The van der Waals surface area contributed by atoms with Gasteiger partial charge in [0.1, 0.15) is 11.4 Å². The molecule has 3 heterocycles. The van der Waals surface area contributed by atoms with Gasteiger partial charge in [-0.1, -0.05) is 0 Å². The SMILES string of the molecule is COc1ccc(-n2nc(C(N)=O)c3c2C(=O)N(c2ccc(N4CCN(C)CC4)cc2)CC3)cc1. The molecule has 1 fully saturated rings. The van der Waals surface area contributed by atoms with Gasteiger partial charge in [0.05, 0.1) is 12.8 Å². The lowest BCUT2D eigenvalue weighted by Crippen LogP contribution is -2.44. The summed E-state index contributed by atoms with van der Waals surface area (Å²) >= 11 is 0. The number of amides is 2. The van der Waals surface area contributed by atoms with Crippen LogP contribution in [0.3, 0.4) is 0 Å². The molecule has 1 saturated heterocycles. The Bertz CT molecular complexity index is 1210. The number of hydrogen-bond donors (Lipinski definition) is 1. The van der Waals surface area contributed by atoms with Crippen molar-refractivity contribution in [1.82, 2.24) is 14.7 Å². The van der Waals surface area contributed by atoms with E-state index in [9.17, 15) is 9.59 Å². The molecule has 0 atom stereocenters. The number of nitrogens with two attached hydrogens (primary N) is 1. The third kappa shape index (κ3) is 3.88. The van der Waals surface area contributed by atoms with Crippen molar-refractivity contribution in [3.8, 4) is 11.4 Å². The largest absolute Gasteiger partial charge is 0.497 e. The monoisotopic (exact) mass is 460 g/mol. The smallest absolute Gasteiger partial charge is 0.277 e. The van der Waals surface area contributed by atoms with Crippen LogP contribution in [0.1, 0.15) is 26.5 Å². The molecule has 5 rings (SSSR count). The van der Waals surface area contributed by atoms with Gasteiger partial charge in [0.2, 0.25) is 0 Å². The van der Waals surface area contributed by atoms with Gasteiger partial charge in [0, 0.05) is 49.7 Å². The first-order valence-electron chi connectivity index (χ1n) is 11.4. The molecular formula is C25H28N6O3. The van der Waals surface area contributed by atoms with E-state index in [-0.39, 0.29) is 11.6 Å². The van der Waals surface area contributed by atoms with E-state index in [1.165, 1.54) is 4.68 Å². The van der Waals surface area contributed by atoms with Crippen molar-refractivity contribution >= 4 is 23.2 Å². The van der Waals surface area contributed by atoms with Crippen LogP contribution in [0.25, 0.3) is 5.69 Å². The number of ether oxygens (including phenoxy) is 1. The van der Waals surface area contributed by atoms with Crippen molar-refractivity contribution in [3.63, 3.8) is 0 Å². The molecule has 0 radical (unpaired) electrons. The van der Waals surface area contributed by atoms with E-state index in [1.807, 2.05) is 12.1 Å². The van der Waals surface area contributed by atoms with Crippen molar-refractivity contribution in [2.24, 2.45) is 5.73 Å². The zero-order valence-electron chi connectivity index (χ0n) is 19.4. The normalized spacial score (nSPS) is 16.5. The first-order valence-corrected chi connectivity index (χ1v) is 11.4. The molecule has 2 aliphatic rings. The van der Waals surface area contributed by atoms with Gasteiger partial charge >= 0.3 is 0 Å². The number of fused-ring (bicyclic) bond motifs is 1. The van der Waals surface area contributed by atoms with Crippen molar-refractivity contribution in [2.75, 3.05) is 56.7 Å². The third-order valence-corrected chi connectivity index (χ3v) is 6.60. The van der Waals surface area contributed by atoms with Crippen LogP contribution in [0.4, 0.5) is 11.4 Å². The highest BCUT2D eigenvalue weighted by Gasteiger charge is 2.34. The van der Waals surface area contributed by atoms with E-state index in [2.05, 4.69) is 34.1 Å². The highest BCUT2D eigenvalue weighted by Crippen LogP contribution is 2.30. The standard InChI is InChI=1S/C25H28N6O3/c1-28-13-15-29(16-14-28)17-3-5-18(6-4-17)30-12-11-21-22(24(26)32)27-31(23(21)25(30)33)19-7-9-20(34-2)10-8-19/h3-10H,11-16H2,1-2H3,(H2,26,32). The summed E-state index contributed by atoms with van der Waals surface area (Å²) in [4.78, 5) is 32.2. The van der Waals surface area contributed by atoms with Crippen LogP contribution in [0.2, 0.25) is 0 Å². The van der Waals surface area contributed by atoms with Gasteiger partial charge in [0.25, 0.3) is 11.8 Å². The molecule has 2 aromatic carbocycles. The molecule has 9 nitrogen and oxygen atoms in total. The van der Waals surface area contributed by atoms with E-state index in [0.29, 0.717) is 35.7 Å². The molecule has 3 aromatic rings. The van der Waals surface area contributed by atoms with Gasteiger partial charge in [0.15, 0.2) is 5.69 Å². The maximum Gasteiger partial charge on any atom is 0.277 e. The Morgan fingerprint density at radius 1 is 0.912 bits per heavy atom. The molecule has 0 spiro atoms. The van der Waals surface area contributed by atoms with Crippen molar-refractivity contribution < 1.29 is 14.3 Å². The summed E-state index contributed by atoms with van der Waals surface area (Å²) in [6.07, 6.45) is 0.496. The molecule has 0 aliphatic carbocycles. The maximum atomic E-state index is 13.7. The third-order valence-electron chi connectivity index (χ3n) is 6.60. The molecule has 0 saturated carbocycles. The summed E-state index contributed by atoms with van der Waals surface area (Å²) in [5, 5.41) is 4.42. The fourth-order valence-corrected chi connectivity index (χ4v) is 4.62. The Kier molecular flexibility index (Phi) is 5.70. The van der Waals surface area contributed by atoms with Crippen molar-refractivity contribution in [2.45, 2.75) is 6.42 Å². The minimum atomic E-state index is -0.638. The number of hydrogen-bond acceptors (Lipinski definition) is 6. The lowest BCUT2D eigenvalue weighted by atomic mass is 10.0. The summed E-state index contributed by atoms with van der Waals surface area (Å²) in [6.45, 7) is 4.49. The highest BCUT2D eigenvalue weighted by atomic mass is 16.5. The second-order valence-corrected chi connectivity index (χ2v) is 8.66. The van der Waals surface area contributed by atoms with Crippen molar-refractivity contribution in [1.29, 1.82) is 0 Å². The van der Waals surface area contributed by atoms with E-state index >= 15 is 0 Å². The lowest BCUT2D eigenvalue weighted by molar-refractivity contribution is 0.0972. The summed E-state index contributed by atoms with van der Waals surface area (Å²) in [7, 11) is 3.73. The number of carbonyl (C=O) groups excluding carboxylic acids is 2. The minimum Gasteiger partial charge on any atom is -0.497 e. The molecular weight excluding hydrogens is 432 g/mol. The number of carbonyl (C=O) groups is 2. The zero-order chi connectivity index (χ0) is 23.8. The summed E-state index contributed by atoms with van der Waals surface area (Å²) in [5.41, 5.74) is 9.33. The van der Waals surface area contributed by atoms with Gasteiger partial charge in [-0.2, -0.15) is 5.10 Å².